The van der Waals surface area contributed by atoms with Crippen LogP contribution in [-0.2, 0) is 4.74 Å². The van der Waals surface area contributed by atoms with Crippen molar-refractivity contribution in [2.75, 3.05) is 0 Å². The topological polar surface area (TPSA) is 182 Å². The molecule has 0 radical (unpaired) electrons. The van der Waals surface area contributed by atoms with E-state index in [1.165, 1.54) is 30.3 Å². The lowest BCUT2D eigenvalue weighted by Gasteiger charge is -2.44. The summed E-state index contributed by atoms with van der Waals surface area (Å²) in [7, 11) is 0. The fourth-order valence-corrected chi connectivity index (χ4v) is 7.30. The molecule has 0 spiro atoms. The summed E-state index contributed by atoms with van der Waals surface area (Å²) in [6, 6.07) is 13.6. The first-order chi connectivity index (χ1) is 21.8. The predicted octanol–water partition coefficient (Wildman–Crippen LogP) is 3.41. The first kappa shape index (κ1) is 29.8. The van der Waals surface area contributed by atoms with Crippen LogP contribution in [0.25, 0.3) is 11.1 Å². The van der Waals surface area contributed by atoms with Gasteiger partial charge in [-0.25, -0.2) is 0 Å². The molecule has 3 aliphatic rings. The minimum atomic E-state index is -1.54. The molecule has 4 aromatic rings. The molecule has 6 N–H and O–H groups in total. The van der Waals surface area contributed by atoms with E-state index in [0.717, 1.165) is 5.56 Å². The standard InChI is InChI=1S/C36H30O10/c1-13-7-8-16-20(11-13)24(36-35(45)34(44)29(39)15(3)46-36)17-9-10-19(31(41)26(17)30(16)40)23-14(2)12-22(38)27-28(23)32(42)18-5-4-6-21(37)25(18)33(27)43/h4-12,15,24,29,34-39,41,44-45H,1-3H3/t15?,24-,29?,34?,35?,36?/m1/s1. The van der Waals surface area contributed by atoms with Gasteiger partial charge in [0.15, 0.2) is 11.6 Å². The number of carbonyl (C=O) groups is 3. The van der Waals surface area contributed by atoms with Gasteiger partial charge in [-0.1, -0.05) is 48.0 Å². The minimum absolute atomic E-state index is 0.0499. The van der Waals surface area contributed by atoms with Gasteiger partial charge in [0.1, 0.15) is 35.6 Å². The number of phenols is 3. The summed E-state index contributed by atoms with van der Waals surface area (Å²) in [5.41, 5.74) is 1.45. The second kappa shape index (κ2) is 10.3. The monoisotopic (exact) mass is 622 g/mol. The maximum Gasteiger partial charge on any atom is 0.201 e. The van der Waals surface area contributed by atoms with Gasteiger partial charge in [-0.15, -0.1) is 0 Å². The zero-order valence-corrected chi connectivity index (χ0v) is 25.0. The van der Waals surface area contributed by atoms with Crippen molar-refractivity contribution in [1.29, 1.82) is 0 Å². The summed E-state index contributed by atoms with van der Waals surface area (Å²) >= 11 is 0. The van der Waals surface area contributed by atoms with Crippen molar-refractivity contribution in [3.8, 4) is 28.4 Å². The molecule has 10 nitrogen and oxygen atoms in total. The van der Waals surface area contributed by atoms with Gasteiger partial charge in [0.2, 0.25) is 5.78 Å². The fraction of sp³-hybridized carbons (Fsp3) is 0.250. The molecular formula is C36H30O10. The van der Waals surface area contributed by atoms with Gasteiger partial charge in [-0.05, 0) is 49.6 Å². The second-order valence-corrected chi connectivity index (χ2v) is 12.3. The third kappa shape index (κ3) is 4.01. The number of aliphatic hydroxyl groups excluding tert-OH is 3. The van der Waals surface area contributed by atoms with Crippen LogP contribution in [0.3, 0.4) is 0 Å². The number of benzene rings is 4. The Morgan fingerprint density at radius 1 is 0.609 bits per heavy atom. The Morgan fingerprint density at radius 2 is 1.30 bits per heavy atom. The maximum atomic E-state index is 14.1. The fourth-order valence-electron chi connectivity index (χ4n) is 7.30. The Labute approximate surface area is 262 Å². The van der Waals surface area contributed by atoms with E-state index in [4.69, 9.17) is 4.74 Å². The van der Waals surface area contributed by atoms with Crippen molar-refractivity contribution in [2.45, 2.75) is 57.2 Å². The molecule has 0 bridgehead atoms. The van der Waals surface area contributed by atoms with Gasteiger partial charge in [0, 0.05) is 33.7 Å². The van der Waals surface area contributed by atoms with Crippen LogP contribution < -0.4 is 0 Å². The van der Waals surface area contributed by atoms with Gasteiger partial charge in [-0.2, -0.15) is 0 Å². The van der Waals surface area contributed by atoms with Crippen molar-refractivity contribution in [3.63, 3.8) is 0 Å². The average molecular weight is 623 g/mol. The second-order valence-electron chi connectivity index (χ2n) is 12.3. The first-order valence-electron chi connectivity index (χ1n) is 14.8. The average Bonchev–Trinajstić information content (AvgIpc) is 3.01. The summed E-state index contributed by atoms with van der Waals surface area (Å²) < 4.78 is 6.06. The number of phenolic OH excluding ortho intramolecular Hbond substituents is 3. The largest absolute Gasteiger partial charge is 0.507 e. The Hall–Kier alpha value is -4.87. The van der Waals surface area contributed by atoms with E-state index in [1.807, 2.05) is 6.92 Å². The molecule has 10 heteroatoms. The number of aryl methyl sites for hydroxylation is 2. The molecule has 0 aromatic heterocycles. The quantitative estimate of drug-likeness (QED) is 0.171. The minimum Gasteiger partial charge on any atom is -0.507 e. The number of rotatable bonds is 2. The van der Waals surface area contributed by atoms with Crippen molar-refractivity contribution in [3.05, 3.63) is 110 Å². The lowest BCUT2D eigenvalue weighted by atomic mass is 9.70. The summed E-state index contributed by atoms with van der Waals surface area (Å²) in [5.74, 6) is -4.17. The number of aromatic hydroxyl groups is 3. The smallest absolute Gasteiger partial charge is 0.201 e. The molecule has 0 saturated carbocycles. The van der Waals surface area contributed by atoms with Crippen LogP contribution in [0.1, 0.15) is 82.9 Å². The van der Waals surface area contributed by atoms with E-state index >= 15 is 0 Å². The number of carbonyl (C=O) groups excluding carboxylic acids is 3. The van der Waals surface area contributed by atoms with Crippen molar-refractivity contribution >= 4 is 17.3 Å². The number of hydrogen-bond acceptors (Lipinski definition) is 10. The first-order valence-corrected chi connectivity index (χ1v) is 14.8. The highest BCUT2D eigenvalue weighted by Crippen LogP contribution is 2.50. The third-order valence-corrected chi connectivity index (χ3v) is 9.52. The zero-order chi connectivity index (χ0) is 32.9. The molecule has 46 heavy (non-hydrogen) atoms. The Kier molecular flexibility index (Phi) is 6.70. The lowest BCUT2D eigenvalue weighted by molar-refractivity contribution is -0.220. The molecule has 0 amide bonds. The molecule has 6 atom stereocenters. The number of ether oxygens (including phenoxy) is 1. The molecule has 1 heterocycles. The number of aliphatic hydroxyl groups is 3. The van der Waals surface area contributed by atoms with E-state index in [-0.39, 0.29) is 44.5 Å². The van der Waals surface area contributed by atoms with Crippen molar-refractivity contribution < 1.29 is 49.8 Å². The zero-order valence-electron chi connectivity index (χ0n) is 25.0. The third-order valence-electron chi connectivity index (χ3n) is 9.52. The van der Waals surface area contributed by atoms with E-state index in [1.54, 1.807) is 38.1 Å². The summed E-state index contributed by atoms with van der Waals surface area (Å²) in [6.07, 6.45) is -6.40. The van der Waals surface area contributed by atoms with Crippen LogP contribution in [0.2, 0.25) is 0 Å². The highest BCUT2D eigenvalue weighted by atomic mass is 16.5. The van der Waals surface area contributed by atoms with Gasteiger partial charge in [0.25, 0.3) is 0 Å². The molecule has 2 aliphatic carbocycles. The highest BCUT2D eigenvalue weighted by molar-refractivity contribution is 6.32. The van der Waals surface area contributed by atoms with Crippen LogP contribution in [0, 0.1) is 13.8 Å². The van der Waals surface area contributed by atoms with Crippen molar-refractivity contribution in [1.82, 2.24) is 0 Å². The Balaban J connectivity index is 1.47. The van der Waals surface area contributed by atoms with Gasteiger partial charge >= 0.3 is 0 Å². The molecule has 7 rings (SSSR count). The number of fused-ring (bicyclic) bond motifs is 4. The van der Waals surface area contributed by atoms with E-state index in [9.17, 15) is 45.0 Å². The van der Waals surface area contributed by atoms with Crippen LogP contribution in [-0.4, -0.2) is 78.5 Å². The van der Waals surface area contributed by atoms with Gasteiger partial charge in [0.05, 0.1) is 28.9 Å². The number of hydrogen-bond donors (Lipinski definition) is 6. The molecule has 1 aliphatic heterocycles. The van der Waals surface area contributed by atoms with E-state index in [0.29, 0.717) is 16.7 Å². The Bertz CT molecular complexity index is 2030. The van der Waals surface area contributed by atoms with E-state index < -0.39 is 71.0 Å². The van der Waals surface area contributed by atoms with Crippen molar-refractivity contribution in [2.24, 2.45) is 0 Å². The lowest BCUT2D eigenvalue weighted by Crippen LogP contribution is -2.58. The molecule has 234 valence electrons. The van der Waals surface area contributed by atoms with Crippen LogP contribution in [0.5, 0.6) is 17.2 Å². The van der Waals surface area contributed by atoms with E-state index in [2.05, 4.69) is 0 Å². The SMILES string of the molecule is Cc1ccc2c(c1)[C@H](C1OC(C)C(O)C(O)C1O)c1ccc(-c3c(C)cc(O)c4c3C(=O)c3cccc(O)c3C4=O)c(O)c1C2=O. The number of ketones is 3. The van der Waals surface area contributed by atoms with Crippen LogP contribution in [0.4, 0.5) is 0 Å². The highest BCUT2D eigenvalue weighted by Gasteiger charge is 2.49. The van der Waals surface area contributed by atoms with Gasteiger partial charge < -0.3 is 35.4 Å². The molecule has 4 aromatic carbocycles. The van der Waals surface area contributed by atoms with Crippen LogP contribution in [0.15, 0.2) is 54.6 Å². The van der Waals surface area contributed by atoms with Crippen LogP contribution >= 0.6 is 0 Å². The molecule has 1 saturated heterocycles. The predicted molar refractivity (Wildman–Crippen MR) is 164 cm³/mol. The summed E-state index contributed by atoms with van der Waals surface area (Å²) in [6.45, 7) is 4.99. The van der Waals surface area contributed by atoms with Gasteiger partial charge in [-0.3, -0.25) is 14.4 Å². The summed E-state index contributed by atoms with van der Waals surface area (Å²) in [4.78, 5) is 41.6. The maximum absolute atomic E-state index is 14.1. The summed E-state index contributed by atoms with van der Waals surface area (Å²) in [5, 5.41) is 65.4. The normalized spacial score (nSPS) is 25.0. The molecular weight excluding hydrogens is 592 g/mol. The Morgan fingerprint density at radius 3 is 2.04 bits per heavy atom. The molecule has 1 fully saturated rings. The molecule has 5 unspecified atom stereocenters.